The van der Waals surface area contributed by atoms with E-state index in [1.54, 1.807) is 32.0 Å². The van der Waals surface area contributed by atoms with Crippen LogP contribution in [0.4, 0.5) is 0 Å². The average Bonchev–Trinajstić information content (AvgIpc) is 3.33. The van der Waals surface area contributed by atoms with Crippen LogP contribution in [0.1, 0.15) is 57.2 Å². The van der Waals surface area contributed by atoms with Gasteiger partial charge in [-0.1, -0.05) is 32.0 Å². The van der Waals surface area contributed by atoms with Crippen molar-refractivity contribution in [2.24, 2.45) is 11.8 Å². The Morgan fingerprint density at radius 1 is 0.958 bits per heavy atom. The van der Waals surface area contributed by atoms with Gasteiger partial charge < -0.3 is 35.2 Å². The van der Waals surface area contributed by atoms with E-state index in [0.717, 1.165) is 17.1 Å². The molecule has 15 heteroatoms. The zero-order chi connectivity index (χ0) is 35.9. The number of imide groups is 1. The minimum Gasteiger partial charge on any atom is -0.479 e. The summed E-state index contributed by atoms with van der Waals surface area (Å²) in [5.74, 6) is -5.74. The minimum atomic E-state index is -1.83. The molecule has 0 spiro atoms. The van der Waals surface area contributed by atoms with Crippen molar-refractivity contribution in [3.63, 3.8) is 0 Å². The van der Waals surface area contributed by atoms with E-state index in [9.17, 15) is 54.0 Å². The molecule has 0 saturated carbocycles. The van der Waals surface area contributed by atoms with Crippen LogP contribution in [0, 0.1) is 11.8 Å². The number of nitrogens with zero attached hydrogens (tertiary/aromatic N) is 1. The Morgan fingerprint density at radius 2 is 1.60 bits per heavy atom. The summed E-state index contributed by atoms with van der Waals surface area (Å²) in [6, 6.07) is 4.02. The molecule has 0 unspecified atom stereocenters. The van der Waals surface area contributed by atoms with Gasteiger partial charge in [0.25, 0.3) is 11.8 Å². The number of carboxylic acids is 1. The molecule has 2 aliphatic rings. The number of hydrogen-bond donors (Lipinski definition) is 5. The molecular formula is C33H42N2O13. The Balaban J connectivity index is 1.67. The highest BCUT2D eigenvalue weighted by atomic mass is 16.6. The maximum absolute atomic E-state index is 13.2. The maximum Gasteiger partial charge on any atom is 0.335 e. The van der Waals surface area contributed by atoms with Gasteiger partial charge in [-0.2, -0.15) is 0 Å². The fourth-order valence-corrected chi connectivity index (χ4v) is 5.49. The number of carbonyl (C=O) groups excluding carboxylic acids is 6. The van der Waals surface area contributed by atoms with Crippen LogP contribution in [0.3, 0.4) is 0 Å². The van der Waals surface area contributed by atoms with Gasteiger partial charge in [0.1, 0.15) is 24.9 Å². The number of aliphatic hydroxyl groups is 3. The zero-order valence-electron chi connectivity index (χ0n) is 27.2. The molecule has 1 aromatic rings. The molecule has 0 bridgehead atoms. The number of aliphatic carboxylic acids is 1. The highest BCUT2D eigenvalue weighted by molar-refractivity contribution is 6.14. The van der Waals surface area contributed by atoms with Crippen LogP contribution in [-0.2, 0) is 62.5 Å². The molecule has 3 amide bonds. The summed E-state index contributed by atoms with van der Waals surface area (Å²) < 4.78 is 10.5. The molecule has 1 saturated heterocycles. The van der Waals surface area contributed by atoms with Crippen molar-refractivity contribution in [3.05, 3.63) is 47.0 Å². The van der Waals surface area contributed by atoms with Gasteiger partial charge in [-0.05, 0) is 42.4 Å². The molecule has 15 nitrogen and oxygen atoms in total. The van der Waals surface area contributed by atoms with E-state index in [-0.39, 0.29) is 44.0 Å². The first kappa shape index (κ1) is 38.1. The molecule has 0 radical (unpaired) electrons. The second-order valence-electron chi connectivity index (χ2n) is 12.4. The monoisotopic (exact) mass is 674 g/mol. The summed E-state index contributed by atoms with van der Waals surface area (Å²) >= 11 is 0. The molecule has 0 aliphatic carbocycles. The van der Waals surface area contributed by atoms with E-state index in [4.69, 9.17) is 9.47 Å². The highest BCUT2D eigenvalue weighted by Gasteiger charge is 2.46. The number of ketones is 2. The number of nitrogens with one attached hydrogen (secondary N) is 1. The Morgan fingerprint density at radius 3 is 2.19 bits per heavy atom. The molecule has 2 aliphatic heterocycles. The first-order valence-electron chi connectivity index (χ1n) is 15.5. The van der Waals surface area contributed by atoms with Crippen molar-refractivity contribution in [3.8, 4) is 0 Å². The predicted octanol–water partition coefficient (Wildman–Crippen LogP) is -0.610. The standard InChI is InChI=1S/C33H42N2O13/c1-16(2)23(13-22(37)14-35-26(39)9-10-27(35)40)32(44)34-17(3)24(38)12-19-5-6-21(15-47-18(4)36)20(11-19)7-8-25-28(41)29(42)30(43)31(48-25)33(45)46/h5-6,9-11,16-17,23,25,28-31,41-43H,7-8,12-15H2,1-4H3,(H,34,44)(H,45,46)/t17-,23-,25-,28-,29+,30-,31-/m0/s1. The third kappa shape index (κ3) is 9.86. The molecule has 48 heavy (non-hydrogen) atoms. The lowest BCUT2D eigenvalue weighted by Crippen LogP contribution is -2.59. The normalized spacial score (nSPS) is 23.6. The molecular weight excluding hydrogens is 632 g/mol. The van der Waals surface area contributed by atoms with E-state index in [1.165, 1.54) is 13.8 Å². The van der Waals surface area contributed by atoms with Gasteiger partial charge in [-0.3, -0.25) is 33.7 Å². The van der Waals surface area contributed by atoms with Crippen LogP contribution in [-0.4, -0.2) is 110 Å². The average molecular weight is 675 g/mol. The third-order valence-corrected chi connectivity index (χ3v) is 8.40. The highest BCUT2D eigenvalue weighted by Crippen LogP contribution is 2.26. The smallest absolute Gasteiger partial charge is 0.335 e. The summed E-state index contributed by atoms with van der Waals surface area (Å²) in [6.45, 7) is 5.64. The number of hydrogen-bond acceptors (Lipinski definition) is 12. The number of carboxylic acid groups (broad SMARTS) is 1. The number of amides is 3. The van der Waals surface area contributed by atoms with Crippen LogP contribution < -0.4 is 5.32 Å². The van der Waals surface area contributed by atoms with Crippen molar-refractivity contribution in [2.75, 3.05) is 6.54 Å². The number of aliphatic hydroxyl groups excluding tert-OH is 3. The van der Waals surface area contributed by atoms with Crippen LogP contribution in [0.25, 0.3) is 0 Å². The van der Waals surface area contributed by atoms with E-state index in [1.807, 2.05) is 0 Å². The maximum atomic E-state index is 13.2. The fraction of sp³-hybridized carbons (Fsp3) is 0.545. The van der Waals surface area contributed by atoms with Crippen molar-refractivity contribution < 1.29 is 63.5 Å². The third-order valence-electron chi connectivity index (χ3n) is 8.40. The molecule has 1 fully saturated rings. The van der Waals surface area contributed by atoms with Crippen LogP contribution in [0.15, 0.2) is 30.4 Å². The Kier molecular flexibility index (Phi) is 13.3. The quantitative estimate of drug-likeness (QED) is 0.109. The molecule has 5 N–H and O–H groups in total. The van der Waals surface area contributed by atoms with Crippen molar-refractivity contribution in [2.45, 2.75) is 96.5 Å². The number of benzene rings is 1. The van der Waals surface area contributed by atoms with E-state index < -0.39 is 84.5 Å². The summed E-state index contributed by atoms with van der Waals surface area (Å²) in [6.07, 6.45) is -6.13. The summed E-state index contributed by atoms with van der Waals surface area (Å²) in [4.78, 5) is 86.3. The van der Waals surface area contributed by atoms with Crippen LogP contribution in [0.2, 0.25) is 0 Å². The van der Waals surface area contributed by atoms with Crippen molar-refractivity contribution >= 4 is 41.2 Å². The Labute approximate surface area is 276 Å². The van der Waals surface area contributed by atoms with Gasteiger partial charge in [0, 0.05) is 37.8 Å². The van der Waals surface area contributed by atoms with E-state index >= 15 is 0 Å². The number of Topliss-reactive ketones (excluding diaryl/α,β-unsaturated/α-hetero) is 2. The fourth-order valence-electron chi connectivity index (χ4n) is 5.49. The second-order valence-corrected chi connectivity index (χ2v) is 12.4. The number of esters is 1. The summed E-state index contributed by atoms with van der Waals surface area (Å²) in [5, 5.41) is 42.5. The molecule has 7 atom stereocenters. The van der Waals surface area contributed by atoms with Gasteiger partial charge in [0.15, 0.2) is 17.7 Å². The SMILES string of the molecule is CC(=O)OCc1ccc(CC(=O)[C@H](C)NC(=O)[C@@H](CC(=O)CN2C(=O)C=CC2=O)C(C)C)cc1CC[C@@H]1O[C@H](C(=O)O)[C@@H](O)[C@H](O)[C@H]1O. The lowest BCUT2D eigenvalue weighted by Gasteiger charge is -2.39. The van der Waals surface area contributed by atoms with Gasteiger partial charge in [0.05, 0.1) is 18.7 Å². The molecule has 3 rings (SSSR count). The molecule has 262 valence electrons. The lowest BCUT2D eigenvalue weighted by molar-refractivity contribution is -0.228. The van der Waals surface area contributed by atoms with Gasteiger partial charge in [-0.15, -0.1) is 0 Å². The predicted molar refractivity (Wildman–Crippen MR) is 165 cm³/mol. The Hall–Kier alpha value is -4.31. The van der Waals surface area contributed by atoms with Crippen LogP contribution >= 0.6 is 0 Å². The molecule has 1 aromatic carbocycles. The van der Waals surface area contributed by atoms with Crippen molar-refractivity contribution in [1.29, 1.82) is 0 Å². The van der Waals surface area contributed by atoms with E-state index in [2.05, 4.69) is 5.32 Å². The van der Waals surface area contributed by atoms with E-state index in [0.29, 0.717) is 16.7 Å². The largest absolute Gasteiger partial charge is 0.479 e. The van der Waals surface area contributed by atoms with Gasteiger partial charge >= 0.3 is 11.9 Å². The van der Waals surface area contributed by atoms with Gasteiger partial charge in [-0.25, -0.2) is 4.79 Å². The Bertz CT molecular complexity index is 1440. The van der Waals surface area contributed by atoms with Crippen LogP contribution in [0.5, 0.6) is 0 Å². The zero-order valence-corrected chi connectivity index (χ0v) is 27.2. The molecule has 0 aromatic heterocycles. The number of aryl methyl sites for hydroxylation is 1. The summed E-state index contributed by atoms with van der Waals surface area (Å²) in [7, 11) is 0. The first-order valence-corrected chi connectivity index (χ1v) is 15.5. The number of rotatable bonds is 16. The molecule has 2 heterocycles. The first-order chi connectivity index (χ1) is 22.5. The number of ether oxygens (including phenoxy) is 2. The van der Waals surface area contributed by atoms with Crippen molar-refractivity contribution in [1.82, 2.24) is 10.2 Å². The lowest BCUT2D eigenvalue weighted by atomic mass is 9.89. The number of carbonyl (C=O) groups is 7. The topological polar surface area (TPSA) is 234 Å². The minimum absolute atomic E-state index is 0.0115. The summed E-state index contributed by atoms with van der Waals surface area (Å²) in [5.41, 5.74) is 1.70. The van der Waals surface area contributed by atoms with Gasteiger partial charge in [0.2, 0.25) is 5.91 Å². The second kappa shape index (κ2) is 16.7.